The van der Waals surface area contributed by atoms with E-state index in [2.05, 4.69) is 25.2 Å². The predicted molar refractivity (Wildman–Crippen MR) is 75.0 cm³/mol. The quantitative estimate of drug-likeness (QED) is 0.877. The highest BCUT2D eigenvalue weighted by Gasteiger charge is 2.12. The zero-order valence-electron chi connectivity index (χ0n) is 10.7. The van der Waals surface area contributed by atoms with Crippen LogP contribution in [0.4, 0.5) is 0 Å². The Morgan fingerprint density at radius 3 is 2.78 bits per heavy atom. The first kappa shape index (κ1) is 13.2. The number of hydrogen-bond acceptors (Lipinski definition) is 2. The van der Waals surface area contributed by atoms with Gasteiger partial charge < -0.3 is 9.73 Å². The van der Waals surface area contributed by atoms with Crippen LogP contribution in [0.15, 0.2) is 41.2 Å². The van der Waals surface area contributed by atoms with Gasteiger partial charge in [-0.25, -0.2) is 0 Å². The molecule has 96 valence electrons. The Balaban J connectivity index is 2.23. The number of furan rings is 1. The van der Waals surface area contributed by atoms with Crippen LogP contribution in [-0.4, -0.2) is 6.54 Å². The maximum Gasteiger partial charge on any atom is 0.0935 e. The van der Waals surface area contributed by atoms with Crippen molar-refractivity contribution in [1.29, 1.82) is 0 Å². The lowest BCUT2D eigenvalue weighted by Crippen LogP contribution is -2.22. The maximum absolute atomic E-state index is 6.13. The average Bonchev–Trinajstić information content (AvgIpc) is 2.80. The largest absolute Gasteiger partial charge is 0.472 e. The lowest BCUT2D eigenvalue weighted by Gasteiger charge is -2.18. The minimum absolute atomic E-state index is 0.269. The van der Waals surface area contributed by atoms with Gasteiger partial charge >= 0.3 is 0 Å². The van der Waals surface area contributed by atoms with Gasteiger partial charge in [0.05, 0.1) is 12.5 Å². The first-order chi connectivity index (χ1) is 8.69. The molecule has 0 fully saturated rings. The second-order valence-corrected chi connectivity index (χ2v) is 4.94. The highest BCUT2D eigenvalue weighted by Crippen LogP contribution is 2.23. The summed E-state index contributed by atoms with van der Waals surface area (Å²) in [6.07, 6.45) is 4.41. The molecule has 1 aromatic carbocycles. The number of rotatable bonds is 5. The predicted octanol–water partition coefficient (Wildman–Crippen LogP) is 4.13. The smallest absolute Gasteiger partial charge is 0.0935 e. The van der Waals surface area contributed by atoms with Crippen LogP contribution in [0.2, 0.25) is 5.02 Å². The molecule has 2 aromatic rings. The van der Waals surface area contributed by atoms with Gasteiger partial charge in [0.1, 0.15) is 0 Å². The van der Waals surface area contributed by atoms with Crippen LogP contribution in [0.3, 0.4) is 0 Å². The topological polar surface area (TPSA) is 25.2 Å². The fraction of sp³-hybridized carbons (Fsp3) is 0.333. The van der Waals surface area contributed by atoms with Crippen LogP contribution in [0.25, 0.3) is 0 Å². The molecular formula is C15H18ClNO. The van der Waals surface area contributed by atoms with Gasteiger partial charge in [-0.05, 0) is 54.8 Å². The molecule has 2 nitrogen and oxygen atoms in total. The molecule has 0 radical (unpaired) electrons. The van der Waals surface area contributed by atoms with E-state index in [1.165, 1.54) is 16.7 Å². The Morgan fingerprint density at radius 2 is 2.17 bits per heavy atom. The van der Waals surface area contributed by atoms with Gasteiger partial charge in [-0.2, -0.15) is 0 Å². The summed E-state index contributed by atoms with van der Waals surface area (Å²) in [5, 5.41) is 4.28. The van der Waals surface area contributed by atoms with Gasteiger partial charge in [0.15, 0.2) is 0 Å². The van der Waals surface area contributed by atoms with E-state index in [1.807, 2.05) is 18.2 Å². The zero-order valence-corrected chi connectivity index (χ0v) is 11.5. The summed E-state index contributed by atoms with van der Waals surface area (Å²) in [6.45, 7) is 5.10. The molecule has 0 amide bonds. The van der Waals surface area contributed by atoms with Gasteiger partial charge in [0.2, 0.25) is 0 Å². The van der Waals surface area contributed by atoms with E-state index < -0.39 is 0 Å². The maximum atomic E-state index is 6.13. The van der Waals surface area contributed by atoms with E-state index in [0.717, 1.165) is 18.0 Å². The Kier molecular flexibility index (Phi) is 4.45. The number of halogens is 1. The third-order valence-corrected chi connectivity index (χ3v) is 3.16. The zero-order chi connectivity index (χ0) is 13.0. The van der Waals surface area contributed by atoms with Crippen LogP contribution in [0, 0.1) is 6.92 Å². The van der Waals surface area contributed by atoms with Crippen molar-refractivity contribution in [3.8, 4) is 0 Å². The van der Waals surface area contributed by atoms with Crippen LogP contribution in [0.5, 0.6) is 0 Å². The summed E-state index contributed by atoms with van der Waals surface area (Å²) in [5.41, 5.74) is 3.61. The van der Waals surface area contributed by atoms with Gasteiger partial charge in [-0.15, -0.1) is 0 Å². The molecule has 1 N–H and O–H groups in total. The molecule has 0 aliphatic rings. The molecule has 1 heterocycles. The molecule has 18 heavy (non-hydrogen) atoms. The van der Waals surface area contributed by atoms with Crippen molar-refractivity contribution < 1.29 is 4.42 Å². The van der Waals surface area contributed by atoms with Crippen molar-refractivity contribution in [2.45, 2.75) is 26.3 Å². The van der Waals surface area contributed by atoms with Gasteiger partial charge in [-0.3, -0.25) is 0 Å². The summed E-state index contributed by atoms with van der Waals surface area (Å²) >= 11 is 6.13. The molecule has 0 aliphatic heterocycles. The van der Waals surface area contributed by atoms with Crippen molar-refractivity contribution >= 4 is 11.6 Å². The molecule has 0 spiro atoms. The van der Waals surface area contributed by atoms with Gasteiger partial charge in [-0.1, -0.05) is 24.6 Å². The molecule has 2 rings (SSSR count). The Morgan fingerprint density at radius 1 is 1.33 bits per heavy atom. The lowest BCUT2D eigenvalue weighted by atomic mass is 9.99. The molecule has 0 bridgehead atoms. The van der Waals surface area contributed by atoms with Gasteiger partial charge in [0, 0.05) is 11.1 Å². The number of likely N-dealkylation sites (N-methyl/N-ethyl adjacent to an activating group) is 1. The Bertz CT molecular complexity index is 473. The van der Waals surface area contributed by atoms with Crippen molar-refractivity contribution in [3.63, 3.8) is 0 Å². The fourth-order valence-electron chi connectivity index (χ4n) is 2.16. The second-order valence-electron chi connectivity index (χ2n) is 4.51. The van der Waals surface area contributed by atoms with Gasteiger partial charge in [0.25, 0.3) is 0 Å². The van der Waals surface area contributed by atoms with Crippen LogP contribution >= 0.6 is 11.6 Å². The first-order valence-corrected chi connectivity index (χ1v) is 6.58. The summed E-state index contributed by atoms with van der Waals surface area (Å²) < 4.78 is 5.12. The van der Waals surface area contributed by atoms with Crippen molar-refractivity contribution in [3.05, 3.63) is 58.5 Å². The SMILES string of the molecule is CCNC(Cc1ccoc1)c1cc(C)cc(Cl)c1. The van der Waals surface area contributed by atoms with E-state index in [1.54, 1.807) is 12.5 Å². The molecule has 0 aliphatic carbocycles. The number of aryl methyl sites for hydroxylation is 1. The van der Waals surface area contributed by atoms with Crippen LogP contribution in [0.1, 0.15) is 29.7 Å². The van der Waals surface area contributed by atoms with E-state index in [4.69, 9.17) is 16.0 Å². The van der Waals surface area contributed by atoms with Crippen LogP contribution in [-0.2, 0) is 6.42 Å². The highest BCUT2D eigenvalue weighted by molar-refractivity contribution is 6.30. The fourth-order valence-corrected chi connectivity index (χ4v) is 2.46. The standard InChI is InChI=1S/C15H18ClNO/c1-3-17-15(8-12-4-5-18-10-12)13-6-11(2)7-14(16)9-13/h4-7,9-10,15,17H,3,8H2,1-2H3. The summed E-state index contributed by atoms with van der Waals surface area (Å²) in [7, 11) is 0. The number of benzene rings is 1. The lowest BCUT2D eigenvalue weighted by molar-refractivity contribution is 0.534. The minimum atomic E-state index is 0.269. The first-order valence-electron chi connectivity index (χ1n) is 6.20. The molecule has 1 aromatic heterocycles. The third-order valence-electron chi connectivity index (χ3n) is 2.94. The molecule has 3 heteroatoms. The summed E-state index contributed by atoms with van der Waals surface area (Å²) in [5.74, 6) is 0. The van der Waals surface area contributed by atoms with Crippen molar-refractivity contribution in [1.82, 2.24) is 5.32 Å². The normalized spacial score (nSPS) is 12.6. The van der Waals surface area contributed by atoms with E-state index >= 15 is 0 Å². The average molecular weight is 264 g/mol. The molecule has 1 unspecified atom stereocenters. The minimum Gasteiger partial charge on any atom is -0.472 e. The Hall–Kier alpha value is -1.25. The van der Waals surface area contributed by atoms with Crippen molar-refractivity contribution in [2.75, 3.05) is 6.54 Å². The van der Waals surface area contributed by atoms with Crippen LogP contribution < -0.4 is 5.32 Å². The molecule has 1 atom stereocenters. The van der Waals surface area contributed by atoms with Crippen molar-refractivity contribution in [2.24, 2.45) is 0 Å². The van der Waals surface area contributed by atoms with E-state index in [9.17, 15) is 0 Å². The summed E-state index contributed by atoms with van der Waals surface area (Å²) in [4.78, 5) is 0. The monoisotopic (exact) mass is 263 g/mol. The summed E-state index contributed by atoms with van der Waals surface area (Å²) in [6, 6.07) is 8.46. The second kappa shape index (κ2) is 6.07. The Labute approximate surface area is 113 Å². The van der Waals surface area contributed by atoms with E-state index in [-0.39, 0.29) is 6.04 Å². The number of nitrogens with one attached hydrogen (secondary N) is 1. The van der Waals surface area contributed by atoms with E-state index in [0.29, 0.717) is 0 Å². The third kappa shape index (κ3) is 3.37. The number of hydrogen-bond donors (Lipinski definition) is 1. The highest BCUT2D eigenvalue weighted by atomic mass is 35.5. The molecule has 0 saturated carbocycles. The molecule has 0 saturated heterocycles. The molecular weight excluding hydrogens is 246 g/mol.